The number of carbonyl (C=O) groups is 1. The van der Waals surface area contributed by atoms with E-state index in [1.165, 1.54) is 0 Å². The van der Waals surface area contributed by atoms with Gasteiger partial charge in [-0.15, -0.1) is 0 Å². The maximum atomic E-state index is 11.5. The van der Waals surface area contributed by atoms with Gasteiger partial charge in [0.1, 0.15) is 0 Å². The number of hydrogen-bond donors (Lipinski definition) is 1. The monoisotopic (exact) mass is 268 g/mol. The number of benzene rings is 2. The van der Waals surface area contributed by atoms with Gasteiger partial charge in [-0.3, -0.25) is 0 Å². The van der Waals surface area contributed by atoms with E-state index in [1.807, 2.05) is 30.3 Å². The molecule has 3 rings (SSSR count). The average Bonchev–Trinajstić information content (AvgIpc) is 2.93. The summed E-state index contributed by atoms with van der Waals surface area (Å²) in [6, 6.07) is 14.5. The Bertz CT molecular complexity index is 674. The van der Waals surface area contributed by atoms with E-state index in [1.54, 1.807) is 24.3 Å². The summed E-state index contributed by atoms with van der Waals surface area (Å²) in [4.78, 5) is 11.5. The molecule has 0 unspecified atom stereocenters. The Labute approximate surface area is 115 Å². The van der Waals surface area contributed by atoms with Crippen molar-refractivity contribution in [1.29, 1.82) is 0 Å². The predicted molar refractivity (Wildman–Crippen MR) is 74.5 cm³/mol. The molecule has 1 aliphatic heterocycles. The first-order chi connectivity index (χ1) is 9.74. The van der Waals surface area contributed by atoms with Crippen molar-refractivity contribution in [1.82, 2.24) is 0 Å². The van der Waals surface area contributed by atoms with Gasteiger partial charge >= 0.3 is 5.97 Å². The fourth-order valence-electron chi connectivity index (χ4n) is 2.05. The van der Waals surface area contributed by atoms with Gasteiger partial charge in [0, 0.05) is 0 Å². The molecular weight excluding hydrogens is 256 g/mol. The number of ether oxygens (including phenoxy) is 2. The standard InChI is InChI=1S/C16H12O4/c17-16(18)13(8-11-4-2-1-3-5-11)12-6-7-14-15(9-12)20-10-19-14/h1-9H,10H2,(H,17,18)/b13-8+. The summed E-state index contributed by atoms with van der Waals surface area (Å²) in [7, 11) is 0. The first-order valence-electron chi connectivity index (χ1n) is 6.14. The van der Waals surface area contributed by atoms with E-state index in [4.69, 9.17) is 9.47 Å². The molecule has 0 fully saturated rings. The molecule has 1 N–H and O–H groups in total. The van der Waals surface area contributed by atoms with Gasteiger partial charge in [-0.2, -0.15) is 0 Å². The molecule has 4 heteroatoms. The molecule has 0 aromatic heterocycles. The van der Waals surface area contributed by atoms with Crippen molar-refractivity contribution in [3.63, 3.8) is 0 Å². The Hall–Kier alpha value is -2.75. The second-order valence-corrected chi connectivity index (χ2v) is 4.34. The highest BCUT2D eigenvalue weighted by atomic mass is 16.7. The third-order valence-corrected chi connectivity index (χ3v) is 3.02. The highest BCUT2D eigenvalue weighted by Gasteiger charge is 2.17. The summed E-state index contributed by atoms with van der Waals surface area (Å²) in [6.45, 7) is 0.170. The molecule has 1 heterocycles. The maximum Gasteiger partial charge on any atom is 0.336 e. The van der Waals surface area contributed by atoms with Crippen LogP contribution in [0.4, 0.5) is 0 Å². The Morgan fingerprint density at radius 3 is 2.55 bits per heavy atom. The Morgan fingerprint density at radius 1 is 1.05 bits per heavy atom. The van der Waals surface area contributed by atoms with Crippen LogP contribution in [0.1, 0.15) is 11.1 Å². The Morgan fingerprint density at radius 2 is 1.80 bits per heavy atom. The number of fused-ring (bicyclic) bond motifs is 1. The minimum absolute atomic E-state index is 0.170. The molecule has 2 aromatic carbocycles. The summed E-state index contributed by atoms with van der Waals surface area (Å²) in [5.41, 5.74) is 1.64. The van der Waals surface area contributed by atoms with Gasteiger partial charge in [-0.05, 0) is 29.3 Å². The smallest absolute Gasteiger partial charge is 0.336 e. The minimum atomic E-state index is -0.979. The summed E-state index contributed by atoms with van der Waals surface area (Å²) < 4.78 is 10.5. The molecule has 0 amide bonds. The molecule has 4 nitrogen and oxygen atoms in total. The quantitative estimate of drug-likeness (QED) is 0.686. The molecule has 20 heavy (non-hydrogen) atoms. The van der Waals surface area contributed by atoms with Crippen LogP contribution in [-0.4, -0.2) is 17.9 Å². The van der Waals surface area contributed by atoms with E-state index in [-0.39, 0.29) is 12.4 Å². The zero-order valence-corrected chi connectivity index (χ0v) is 10.6. The maximum absolute atomic E-state index is 11.5. The molecule has 0 saturated heterocycles. The van der Waals surface area contributed by atoms with E-state index in [0.717, 1.165) is 5.56 Å². The SMILES string of the molecule is O=C(O)/C(=C/c1ccccc1)c1ccc2c(c1)OCO2. The third kappa shape index (κ3) is 2.36. The highest BCUT2D eigenvalue weighted by Crippen LogP contribution is 2.34. The van der Waals surface area contributed by atoms with Crippen molar-refractivity contribution in [2.24, 2.45) is 0 Å². The number of carboxylic acids is 1. The van der Waals surface area contributed by atoms with E-state index in [9.17, 15) is 9.90 Å². The van der Waals surface area contributed by atoms with Gasteiger partial charge in [0.15, 0.2) is 11.5 Å². The largest absolute Gasteiger partial charge is 0.478 e. The van der Waals surface area contributed by atoms with Crippen LogP contribution in [0, 0.1) is 0 Å². The first-order valence-corrected chi connectivity index (χ1v) is 6.14. The van der Waals surface area contributed by atoms with Crippen LogP contribution in [0.5, 0.6) is 11.5 Å². The highest BCUT2D eigenvalue weighted by molar-refractivity contribution is 6.20. The summed E-state index contributed by atoms with van der Waals surface area (Å²) >= 11 is 0. The molecule has 100 valence electrons. The van der Waals surface area contributed by atoms with Crippen LogP contribution in [-0.2, 0) is 4.79 Å². The summed E-state index contributed by atoms with van der Waals surface area (Å²) in [6.07, 6.45) is 1.64. The minimum Gasteiger partial charge on any atom is -0.478 e. The van der Waals surface area contributed by atoms with Crippen molar-refractivity contribution in [3.05, 3.63) is 59.7 Å². The van der Waals surface area contributed by atoms with Gasteiger partial charge in [0.25, 0.3) is 0 Å². The lowest BCUT2D eigenvalue weighted by atomic mass is 10.0. The molecule has 2 aromatic rings. The number of rotatable bonds is 3. The van der Waals surface area contributed by atoms with Crippen molar-refractivity contribution in [2.45, 2.75) is 0 Å². The fourth-order valence-corrected chi connectivity index (χ4v) is 2.05. The number of hydrogen-bond acceptors (Lipinski definition) is 3. The van der Waals surface area contributed by atoms with Gasteiger partial charge in [0.05, 0.1) is 5.57 Å². The molecule has 0 aliphatic carbocycles. The third-order valence-electron chi connectivity index (χ3n) is 3.02. The van der Waals surface area contributed by atoms with Crippen molar-refractivity contribution >= 4 is 17.6 Å². The van der Waals surface area contributed by atoms with E-state index in [2.05, 4.69) is 0 Å². The average molecular weight is 268 g/mol. The molecule has 0 radical (unpaired) electrons. The fraction of sp³-hybridized carbons (Fsp3) is 0.0625. The molecule has 0 spiro atoms. The molecule has 0 atom stereocenters. The summed E-state index contributed by atoms with van der Waals surface area (Å²) in [5.74, 6) is 0.230. The number of carboxylic acid groups (broad SMARTS) is 1. The number of aliphatic carboxylic acids is 1. The second kappa shape index (κ2) is 5.09. The van der Waals surface area contributed by atoms with E-state index >= 15 is 0 Å². The van der Waals surface area contributed by atoms with E-state index in [0.29, 0.717) is 17.1 Å². The molecule has 0 bridgehead atoms. The second-order valence-electron chi connectivity index (χ2n) is 4.34. The zero-order chi connectivity index (χ0) is 13.9. The lowest BCUT2D eigenvalue weighted by Gasteiger charge is -2.05. The van der Waals surface area contributed by atoms with Crippen LogP contribution in [0.2, 0.25) is 0 Å². The van der Waals surface area contributed by atoms with Crippen molar-refractivity contribution in [2.75, 3.05) is 6.79 Å². The Kier molecular flexibility index (Phi) is 3.13. The zero-order valence-electron chi connectivity index (χ0n) is 10.6. The molecular formula is C16H12O4. The van der Waals surface area contributed by atoms with Crippen LogP contribution in [0.3, 0.4) is 0 Å². The van der Waals surface area contributed by atoms with Crippen LogP contribution < -0.4 is 9.47 Å². The van der Waals surface area contributed by atoms with Gasteiger partial charge in [-0.1, -0.05) is 36.4 Å². The van der Waals surface area contributed by atoms with Gasteiger partial charge in [0.2, 0.25) is 6.79 Å². The Balaban J connectivity index is 2.03. The predicted octanol–water partition coefficient (Wildman–Crippen LogP) is 3.04. The lowest BCUT2D eigenvalue weighted by Crippen LogP contribution is -1.99. The van der Waals surface area contributed by atoms with Crippen molar-refractivity contribution in [3.8, 4) is 11.5 Å². The van der Waals surface area contributed by atoms with Crippen LogP contribution in [0.15, 0.2) is 48.5 Å². The normalized spacial score (nSPS) is 13.3. The topological polar surface area (TPSA) is 55.8 Å². The lowest BCUT2D eigenvalue weighted by molar-refractivity contribution is -0.130. The van der Waals surface area contributed by atoms with Crippen LogP contribution in [0.25, 0.3) is 11.6 Å². The van der Waals surface area contributed by atoms with Gasteiger partial charge < -0.3 is 14.6 Å². The van der Waals surface area contributed by atoms with E-state index < -0.39 is 5.97 Å². The molecule has 0 saturated carbocycles. The van der Waals surface area contributed by atoms with Gasteiger partial charge in [-0.25, -0.2) is 4.79 Å². The molecule has 1 aliphatic rings. The first kappa shape index (κ1) is 12.3. The van der Waals surface area contributed by atoms with Crippen LogP contribution >= 0.6 is 0 Å². The summed E-state index contributed by atoms with van der Waals surface area (Å²) in [5, 5.41) is 9.40. The van der Waals surface area contributed by atoms with Crippen molar-refractivity contribution < 1.29 is 19.4 Å².